The minimum atomic E-state index is -1.45. The Balaban J connectivity index is 0.000000125. The molecule has 9 heterocycles. The monoisotopic (exact) mass is 2490 g/mol. The number of benzene rings is 12. The second-order valence-corrected chi connectivity index (χ2v) is 56.9. The molecule has 6 aliphatic rings. The van der Waals surface area contributed by atoms with Crippen molar-refractivity contribution < 1.29 is 74.5 Å². The Kier molecular flexibility index (Phi) is 33.4. The number of aromatic nitrogens is 6. The number of fused-ring (bicyclic) bond motifs is 12. The summed E-state index contributed by atoms with van der Waals surface area (Å²) in [5, 5.41) is 11.4. The maximum atomic E-state index is 6.07. The molecule has 18 aromatic rings. The van der Waals surface area contributed by atoms with Crippen molar-refractivity contribution in [2.24, 2.45) is 0 Å². The van der Waals surface area contributed by atoms with Gasteiger partial charge >= 0.3 is 0 Å². The molecule has 146 heavy (non-hydrogen) atoms. The van der Waals surface area contributed by atoms with Crippen molar-refractivity contribution in [2.75, 3.05) is 0 Å². The second-order valence-electron chi connectivity index (χ2n) is 41.8. The third-order valence-electron chi connectivity index (χ3n) is 27.0. The average molecular weight is 2490 g/mol. The van der Waals surface area contributed by atoms with Crippen LogP contribution in [0.2, 0.25) is 58.9 Å². The van der Waals surface area contributed by atoms with Gasteiger partial charge in [-0.1, -0.05) is 376 Å². The Morgan fingerprint density at radius 1 is 0.281 bits per heavy atom. The molecular weight excluding hydrogens is 2370 g/mol. The summed E-state index contributed by atoms with van der Waals surface area (Å²) in [7, 11) is -4.19. The molecule has 0 saturated carbocycles. The average Bonchev–Trinajstić information content (AvgIpc) is 1.61. The Hall–Kier alpha value is -13.2. The van der Waals surface area contributed by atoms with Gasteiger partial charge < -0.3 is 44.1 Å². The summed E-state index contributed by atoms with van der Waals surface area (Å²) in [6.07, 6.45) is 37.7. The first-order valence-electron chi connectivity index (χ1n) is 49.6. The van der Waals surface area contributed by atoms with E-state index in [0.29, 0.717) is 23.7 Å². The molecule has 0 N–H and O–H groups in total. The number of allylic oxidation sites excluding steroid dienone is 6. The Morgan fingerprint density at radius 2 is 0.562 bits per heavy atom. The van der Waals surface area contributed by atoms with E-state index < -0.39 is 24.2 Å². The second kappa shape index (κ2) is 46.2. The zero-order valence-corrected chi connectivity index (χ0v) is 95.2. The van der Waals surface area contributed by atoms with Gasteiger partial charge in [-0.2, -0.15) is 0 Å². The summed E-state index contributed by atoms with van der Waals surface area (Å²) in [6.45, 7) is 35.0. The number of aryl methyl sites for hydroxylation is 1. The number of pyridine rings is 6. The van der Waals surface area contributed by atoms with Crippen LogP contribution >= 0.6 is 0 Å². The predicted octanol–water partition coefficient (Wildman–Crippen LogP) is 31.0. The van der Waals surface area contributed by atoms with E-state index in [1.807, 2.05) is 110 Å². The molecule has 0 spiro atoms. The normalized spacial score (nSPS) is 15.9. The van der Waals surface area contributed by atoms with Gasteiger partial charge in [0.15, 0.2) is 0 Å². The summed E-state index contributed by atoms with van der Waals surface area (Å²) in [5.74, 6) is 4.26. The minimum Gasteiger partial charge on any atom is -0.505 e. The van der Waals surface area contributed by atoms with Gasteiger partial charge in [0.1, 0.15) is 18.3 Å². The molecule has 0 saturated heterocycles. The van der Waals surface area contributed by atoms with Gasteiger partial charge in [0.25, 0.3) is 0 Å². The van der Waals surface area contributed by atoms with Crippen molar-refractivity contribution in [1.82, 2.24) is 29.9 Å². The van der Waals surface area contributed by atoms with Gasteiger partial charge in [0.05, 0.1) is 24.2 Å². The molecule has 6 aromatic heterocycles. The Bertz CT molecular complexity index is 7530. The number of nitrogens with zero attached hydrogens (tertiary/aromatic N) is 6. The number of rotatable bonds is 13. The number of ether oxygens (including phenoxy) is 3. The van der Waals surface area contributed by atoms with E-state index in [0.717, 1.165) is 101 Å². The van der Waals surface area contributed by atoms with Crippen molar-refractivity contribution in [1.29, 1.82) is 0 Å². The van der Waals surface area contributed by atoms with Crippen molar-refractivity contribution >= 4 is 72.1 Å². The molecule has 735 valence electrons. The fourth-order valence-electron chi connectivity index (χ4n) is 19.4. The van der Waals surface area contributed by atoms with Gasteiger partial charge in [-0.15, -0.1) is 177 Å². The minimum absolute atomic E-state index is 0. The molecule has 3 aliphatic heterocycles. The van der Waals surface area contributed by atoms with Crippen molar-refractivity contribution in [2.45, 2.75) is 148 Å². The van der Waals surface area contributed by atoms with Crippen LogP contribution in [-0.4, -0.2) is 72.4 Å². The molecule has 6 unspecified atom stereocenters. The molecule has 0 fully saturated rings. The number of hydrogen-bond donors (Lipinski definition) is 0. The largest absolute Gasteiger partial charge is 0.505 e. The van der Waals surface area contributed by atoms with Crippen LogP contribution in [0.5, 0.6) is 17.2 Å². The third-order valence-corrected chi connectivity index (χ3v) is 33.2. The van der Waals surface area contributed by atoms with Crippen LogP contribution in [0.15, 0.2) is 401 Å². The zero-order valence-electron chi connectivity index (χ0n) is 85.1. The number of hydrogen-bond acceptors (Lipinski definition) is 9. The van der Waals surface area contributed by atoms with Gasteiger partial charge in [-0.3, -0.25) is 0 Å². The van der Waals surface area contributed by atoms with Gasteiger partial charge in [-0.25, -0.2) is 0 Å². The first-order chi connectivity index (χ1) is 69.1. The van der Waals surface area contributed by atoms with Crippen LogP contribution in [0.25, 0.3) is 133 Å². The van der Waals surface area contributed by atoms with Crippen LogP contribution in [0.1, 0.15) is 91.7 Å². The topological polar surface area (TPSA) is 105 Å². The van der Waals surface area contributed by atoms with Crippen LogP contribution in [0.3, 0.4) is 0 Å². The van der Waals surface area contributed by atoms with Gasteiger partial charge in [0, 0.05) is 132 Å². The van der Waals surface area contributed by atoms with Crippen LogP contribution < -0.4 is 29.8 Å². The van der Waals surface area contributed by atoms with Crippen LogP contribution in [0, 0.1) is 43.3 Å². The van der Waals surface area contributed by atoms with Crippen molar-refractivity contribution in [3.63, 3.8) is 0 Å². The van der Waals surface area contributed by atoms with E-state index in [2.05, 4.69) is 443 Å². The van der Waals surface area contributed by atoms with E-state index in [1.54, 1.807) is 0 Å². The molecule has 15 heteroatoms. The van der Waals surface area contributed by atoms with E-state index in [4.69, 9.17) is 29.2 Å². The van der Waals surface area contributed by atoms with Crippen LogP contribution in [-0.2, 0) is 65.7 Å². The van der Waals surface area contributed by atoms with Crippen LogP contribution in [0.4, 0.5) is 0 Å². The maximum absolute atomic E-state index is 6.07. The predicted molar refractivity (Wildman–Crippen MR) is 603 cm³/mol. The molecule has 0 bridgehead atoms. The molecule has 9 nitrogen and oxygen atoms in total. The first-order valence-corrected chi connectivity index (χ1v) is 60.1. The molecule has 3 radical (unpaired) electrons. The molecule has 3 aliphatic carbocycles. The first kappa shape index (κ1) is 106. The van der Waals surface area contributed by atoms with E-state index in [9.17, 15) is 0 Å². The van der Waals surface area contributed by atoms with E-state index in [-0.39, 0.29) is 84.0 Å². The fraction of sp³-hybridized carbons (Fsp3) is 0.176. The standard InChI is InChI=1S/C24H28NSi.C23H26NSi.3C21H14NO.C21H22NSi.3Ir/c1-24(2,3)21-16-22(25-17-23(21)26(4,5)6)20-14-10-13-19(15-20)18-11-8-7-9-12-18;1-17(2)21-15-22(24-16-23(21)25(3,4)5)20-13-9-12-19(14-20)18-10-7-6-8-11-18;3*1-2-6-16-13-22-19(11-14(16)5-1)15-9-10-18-17-7-3-4-8-20(17)23-21(18)12-15;1-16-13-20(22-15-21(16)23(2,3)4)19-12-8-11-18(14-19)17-9-6-5-7-10-17;;;/h7-13,15-17H,1-6H3;6-12,14-17H,1-5H3;3*1-8,10-13,17,20H;5-11,13-15H,1-4H3;;;/q6*-1;;;. The molecule has 12 aromatic carbocycles. The van der Waals surface area contributed by atoms with Crippen molar-refractivity contribution in [3.8, 4) is 118 Å². The summed E-state index contributed by atoms with van der Waals surface area (Å²) in [5.41, 5.74) is 27.1. The fourth-order valence-corrected chi connectivity index (χ4v) is 24.5. The molecule has 0 amide bonds. The summed E-state index contributed by atoms with van der Waals surface area (Å²) in [4.78, 5) is 28.1. The molecular formula is C131H118Ir3N6O3Si3-6. The summed E-state index contributed by atoms with van der Waals surface area (Å²) in [6, 6.07) is 121. The SMILES string of the molecule is CC(C)(C)c1cc(-c2[c-]ccc(-c3ccccc3)c2)ncc1[Si](C)(C)C.CC(C)c1cc(-c2[c-]ccc(-c3ccccc3)c2)ncc1[Si](C)(C)C.Cc1cc(-c2[c-]ccc(-c3ccccc3)c2)ncc1[Si](C)(C)C.[Ir].[Ir].[Ir].[c-]1cc2c(cc1-c1cc3ccccc3cn1)OC1C=CC=CC21.[c-]1cc2c(cc1-c1cc3ccccc3cn1)OC1C=CC=CC21.[c-]1cc2c(cc1-c1cc3ccccc3cn1)OC1C=CC=CC21. The van der Waals surface area contributed by atoms with E-state index >= 15 is 0 Å². The van der Waals surface area contributed by atoms with E-state index in [1.165, 1.54) is 98.5 Å². The maximum Gasteiger partial charge on any atom is 0.117 e. The zero-order chi connectivity index (χ0) is 99.1. The third kappa shape index (κ3) is 24.5. The Morgan fingerprint density at radius 3 is 0.884 bits per heavy atom. The van der Waals surface area contributed by atoms with Gasteiger partial charge in [0.2, 0.25) is 0 Å². The van der Waals surface area contributed by atoms with Gasteiger partial charge in [-0.05, 0) is 141 Å². The smallest absolute Gasteiger partial charge is 0.117 e. The summed E-state index contributed by atoms with van der Waals surface area (Å²) >= 11 is 0. The molecule has 6 atom stereocenters. The summed E-state index contributed by atoms with van der Waals surface area (Å²) < 4.78 is 18.2. The van der Waals surface area contributed by atoms with Crippen molar-refractivity contribution in [3.05, 3.63) is 471 Å². The molecule has 24 rings (SSSR count). The Labute approximate surface area is 905 Å². The quantitative estimate of drug-likeness (QED) is 0.0824.